The standard InChI is InChI=1S/C29H39FO7/c1-7-8-25(35)37-29(24(34)15-36-18(4)31)17(3)12-21-22-11-16(2)20-13-19(32)9-10-26(20,5)28(22,30)23(33)14-27(21,29)6/h9-10,13,16-17,21-23,33H,7-8,11-12,14-15H2,1-6H3/t16?,17?,21-,22-,23?,26-,27-,28-,29-/m0/s1. The molecule has 0 aromatic heterocycles. The first-order valence-electron chi connectivity index (χ1n) is 13.4. The lowest BCUT2D eigenvalue weighted by molar-refractivity contribution is -0.231. The van der Waals surface area contributed by atoms with Gasteiger partial charge in [-0.3, -0.25) is 19.2 Å². The Morgan fingerprint density at radius 1 is 1.16 bits per heavy atom. The Labute approximate surface area is 217 Å². The quantitative estimate of drug-likeness (QED) is 0.529. The van der Waals surface area contributed by atoms with Crippen LogP contribution in [0, 0.1) is 34.5 Å². The number of ether oxygens (including phenoxy) is 2. The molecule has 4 rings (SSSR count). The number of hydrogen-bond acceptors (Lipinski definition) is 7. The molecule has 7 nitrogen and oxygen atoms in total. The number of carbonyl (C=O) groups excluding carboxylic acids is 4. The second kappa shape index (κ2) is 9.14. The summed E-state index contributed by atoms with van der Waals surface area (Å²) in [6.07, 6.45) is 4.31. The molecule has 0 spiro atoms. The second-order valence-corrected chi connectivity index (χ2v) is 12.1. The molecule has 1 N–H and O–H groups in total. The average Bonchev–Trinajstić information content (AvgIpc) is 3.03. The summed E-state index contributed by atoms with van der Waals surface area (Å²) in [6.45, 7) is 9.81. The van der Waals surface area contributed by atoms with Gasteiger partial charge in [-0.25, -0.2) is 4.39 Å². The Kier molecular flexibility index (Phi) is 6.84. The van der Waals surface area contributed by atoms with Crippen LogP contribution in [0.4, 0.5) is 4.39 Å². The SMILES string of the molecule is CCCC(=O)O[C@]1(C(=O)COC(C)=O)C(C)C[C@H]2[C@@H]3CC(C)C4=CC(=O)C=C[C@]4(C)[C@@]3(F)C(O)C[C@@]21C. The number of esters is 2. The molecule has 0 aliphatic heterocycles. The third-order valence-corrected chi connectivity index (χ3v) is 10.1. The number of Topliss-reactive ketones (excluding diaryl/α,β-unsaturated/α-hetero) is 1. The summed E-state index contributed by atoms with van der Waals surface area (Å²) in [6, 6.07) is 0. The lowest BCUT2D eigenvalue weighted by Crippen LogP contribution is -2.70. The third-order valence-electron chi connectivity index (χ3n) is 10.1. The summed E-state index contributed by atoms with van der Waals surface area (Å²) in [5, 5.41) is 11.6. The van der Waals surface area contributed by atoms with E-state index in [1.165, 1.54) is 19.1 Å². The van der Waals surface area contributed by atoms with E-state index in [9.17, 15) is 24.3 Å². The summed E-state index contributed by atoms with van der Waals surface area (Å²) in [7, 11) is 0. The van der Waals surface area contributed by atoms with Gasteiger partial charge in [0.15, 0.2) is 23.7 Å². The second-order valence-electron chi connectivity index (χ2n) is 12.1. The van der Waals surface area contributed by atoms with Crippen LogP contribution < -0.4 is 0 Å². The van der Waals surface area contributed by atoms with Crippen molar-refractivity contribution in [3.63, 3.8) is 0 Å². The highest BCUT2D eigenvalue weighted by atomic mass is 19.1. The molecule has 8 heteroatoms. The van der Waals surface area contributed by atoms with E-state index in [4.69, 9.17) is 9.47 Å². The number of alkyl halides is 1. The van der Waals surface area contributed by atoms with Crippen LogP contribution in [0.5, 0.6) is 0 Å². The maximum absolute atomic E-state index is 17.5. The first-order valence-corrected chi connectivity index (χ1v) is 13.4. The number of carbonyl (C=O) groups is 4. The fourth-order valence-electron chi connectivity index (χ4n) is 8.50. The van der Waals surface area contributed by atoms with Gasteiger partial charge in [-0.05, 0) is 56.6 Å². The summed E-state index contributed by atoms with van der Waals surface area (Å²) in [4.78, 5) is 50.4. The van der Waals surface area contributed by atoms with E-state index >= 15 is 4.39 Å². The predicted octanol–water partition coefficient (Wildman–Crippen LogP) is 4.06. The molecule has 0 bridgehead atoms. The topological polar surface area (TPSA) is 107 Å². The fourth-order valence-corrected chi connectivity index (χ4v) is 8.50. The van der Waals surface area contributed by atoms with Crippen LogP contribution in [-0.4, -0.2) is 52.6 Å². The monoisotopic (exact) mass is 518 g/mol. The largest absolute Gasteiger partial charge is 0.458 e. The lowest BCUT2D eigenvalue weighted by Gasteiger charge is -2.63. The van der Waals surface area contributed by atoms with Crippen molar-refractivity contribution in [1.29, 1.82) is 0 Å². The molecule has 0 saturated heterocycles. The average molecular weight is 519 g/mol. The summed E-state index contributed by atoms with van der Waals surface area (Å²) in [5.41, 5.74) is -5.33. The molecule has 9 atom stereocenters. The van der Waals surface area contributed by atoms with Gasteiger partial charge in [-0.15, -0.1) is 0 Å². The van der Waals surface area contributed by atoms with E-state index in [0.717, 1.165) is 0 Å². The first kappa shape index (κ1) is 27.7. The molecule has 0 aromatic rings. The number of hydrogen-bond donors (Lipinski definition) is 1. The zero-order chi connectivity index (χ0) is 27.6. The van der Waals surface area contributed by atoms with Crippen molar-refractivity contribution < 1.29 is 38.1 Å². The number of ketones is 2. The van der Waals surface area contributed by atoms with E-state index in [1.54, 1.807) is 13.0 Å². The Hall–Kier alpha value is -2.35. The Morgan fingerprint density at radius 2 is 1.84 bits per heavy atom. The van der Waals surface area contributed by atoms with Crippen molar-refractivity contribution in [2.45, 2.75) is 91.0 Å². The normalized spacial score (nSPS) is 44.3. The molecule has 0 aromatic carbocycles. The van der Waals surface area contributed by atoms with Gasteiger partial charge in [-0.2, -0.15) is 0 Å². The van der Waals surface area contributed by atoms with Crippen molar-refractivity contribution in [3.8, 4) is 0 Å². The molecule has 4 aliphatic carbocycles. The Balaban J connectivity index is 1.84. The third kappa shape index (κ3) is 3.68. The maximum Gasteiger partial charge on any atom is 0.306 e. The van der Waals surface area contributed by atoms with E-state index in [-0.39, 0.29) is 24.5 Å². The number of allylic oxidation sites excluding steroid dienone is 4. The van der Waals surface area contributed by atoms with Crippen molar-refractivity contribution in [2.75, 3.05) is 6.61 Å². The number of fused-ring (bicyclic) bond motifs is 5. The minimum Gasteiger partial charge on any atom is -0.458 e. The minimum absolute atomic E-state index is 0.108. The molecule has 0 amide bonds. The highest BCUT2D eigenvalue weighted by molar-refractivity contribution is 6.01. The molecule has 4 aliphatic rings. The predicted molar refractivity (Wildman–Crippen MR) is 133 cm³/mol. The molecule has 204 valence electrons. The zero-order valence-corrected chi connectivity index (χ0v) is 22.6. The van der Waals surface area contributed by atoms with Crippen molar-refractivity contribution >= 4 is 23.5 Å². The van der Waals surface area contributed by atoms with Gasteiger partial charge in [0.1, 0.15) is 0 Å². The van der Waals surface area contributed by atoms with Crippen LogP contribution in [0.25, 0.3) is 0 Å². The number of halogens is 1. The van der Waals surface area contributed by atoms with Crippen LogP contribution in [0.3, 0.4) is 0 Å². The van der Waals surface area contributed by atoms with Crippen molar-refractivity contribution in [3.05, 3.63) is 23.8 Å². The van der Waals surface area contributed by atoms with Crippen LogP contribution in [0.15, 0.2) is 23.8 Å². The van der Waals surface area contributed by atoms with Crippen LogP contribution >= 0.6 is 0 Å². The lowest BCUT2D eigenvalue weighted by atomic mass is 9.43. The van der Waals surface area contributed by atoms with Crippen LogP contribution in [-0.2, 0) is 28.7 Å². The number of aliphatic hydroxyl groups excluding tert-OH is 1. The maximum atomic E-state index is 17.5. The highest BCUT2D eigenvalue weighted by Gasteiger charge is 2.77. The summed E-state index contributed by atoms with van der Waals surface area (Å²) >= 11 is 0. The van der Waals surface area contributed by atoms with E-state index in [1.807, 2.05) is 27.7 Å². The molecule has 37 heavy (non-hydrogen) atoms. The zero-order valence-electron chi connectivity index (χ0n) is 22.6. The van der Waals surface area contributed by atoms with Gasteiger partial charge in [0.05, 0.1) is 6.10 Å². The van der Waals surface area contributed by atoms with Crippen molar-refractivity contribution in [1.82, 2.24) is 0 Å². The highest BCUT2D eigenvalue weighted by Crippen LogP contribution is 2.72. The fraction of sp³-hybridized carbons (Fsp3) is 0.724. The van der Waals surface area contributed by atoms with Gasteiger partial charge in [0.2, 0.25) is 5.78 Å². The van der Waals surface area contributed by atoms with Gasteiger partial charge < -0.3 is 14.6 Å². The number of rotatable bonds is 6. The van der Waals surface area contributed by atoms with Crippen LogP contribution in [0.2, 0.25) is 0 Å². The number of aliphatic hydroxyl groups is 1. The first-order chi connectivity index (χ1) is 17.2. The van der Waals surface area contributed by atoms with E-state index in [0.29, 0.717) is 24.8 Å². The molecule has 0 radical (unpaired) electrons. The van der Waals surface area contributed by atoms with Gasteiger partial charge in [0, 0.05) is 36.0 Å². The minimum atomic E-state index is -2.07. The van der Waals surface area contributed by atoms with Crippen LogP contribution in [0.1, 0.15) is 73.6 Å². The van der Waals surface area contributed by atoms with Gasteiger partial charge >= 0.3 is 11.9 Å². The van der Waals surface area contributed by atoms with Gasteiger partial charge in [0.25, 0.3) is 0 Å². The molecule has 3 saturated carbocycles. The molecular weight excluding hydrogens is 479 g/mol. The van der Waals surface area contributed by atoms with E-state index in [2.05, 4.69) is 0 Å². The Morgan fingerprint density at radius 3 is 2.46 bits per heavy atom. The summed E-state index contributed by atoms with van der Waals surface area (Å²) < 4.78 is 28.7. The molecule has 0 heterocycles. The van der Waals surface area contributed by atoms with Gasteiger partial charge in [-0.1, -0.05) is 39.3 Å². The molecule has 3 fully saturated rings. The molecular formula is C29H39FO7. The van der Waals surface area contributed by atoms with E-state index < -0.39 is 70.3 Å². The Bertz CT molecular complexity index is 1080. The molecule has 3 unspecified atom stereocenters. The summed E-state index contributed by atoms with van der Waals surface area (Å²) in [5.74, 6) is -3.54. The van der Waals surface area contributed by atoms with Crippen molar-refractivity contribution in [2.24, 2.45) is 34.5 Å². The smallest absolute Gasteiger partial charge is 0.306 e.